The molecule has 3 nitrogen and oxygen atoms in total. The van der Waals surface area contributed by atoms with Crippen LogP contribution in [0.2, 0.25) is 0 Å². The lowest BCUT2D eigenvalue weighted by molar-refractivity contribution is 0.0926. The van der Waals surface area contributed by atoms with Crippen molar-refractivity contribution >= 4 is 5.91 Å². The Morgan fingerprint density at radius 1 is 1.20 bits per heavy atom. The van der Waals surface area contributed by atoms with E-state index in [1.165, 1.54) is 0 Å². The van der Waals surface area contributed by atoms with Gasteiger partial charge in [-0.1, -0.05) is 32.0 Å². The third kappa shape index (κ3) is 3.72. The molecule has 0 spiro atoms. The van der Waals surface area contributed by atoms with Crippen molar-refractivity contribution in [2.45, 2.75) is 13.8 Å². The van der Waals surface area contributed by atoms with Gasteiger partial charge in [-0.25, -0.2) is 0 Å². The third-order valence-electron chi connectivity index (χ3n) is 2.39. The summed E-state index contributed by atoms with van der Waals surface area (Å²) in [6, 6.07) is 9.27. The highest BCUT2D eigenvalue weighted by molar-refractivity contribution is 5.94. The molecule has 0 fully saturated rings. The second-order valence-corrected chi connectivity index (χ2v) is 3.33. The van der Waals surface area contributed by atoms with E-state index in [2.05, 4.69) is 24.1 Å². The van der Waals surface area contributed by atoms with E-state index in [1.54, 1.807) is 0 Å². The molecule has 0 heterocycles. The van der Waals surface area contributed by atoms with E-state index in [-0.39, 0.29) is 5.91 Å². The number of carbonyl (C=O) groups is 1. The van der Waals surface area contributed by atoms with Gasteiger partial charge in [0.2, 0.25) is 0 Å². The fourth-order valence-corrected chi connectivity index (χ4v) is 1.32. The van der Waals surface area contributed by atoms with Crippen LogP contribution in [-0.4, -0.2) is 30.6 Å². The van der Waals surface area contributed by atoms with Gasteiger partial charge in [-0.05, 0) is 25.2 Å². The summed E-state index contributed by atoms with van der Waals surface area (Å²) in [5.74, 6) is -0.0116. The molecule has 1 aromatic carbocycles. The van der Waals surface area contributed by atoms with Crippen molar-refractivity contribution in [2.75, 3.05) is 19.8 Å². The average Bonchev–Trinajstić information content (AvgIpc) is 2.31. The summed E-state index contributed by atoms with van der Waals surface area (Å²) in [5, 5.41) is 2.89. The Bertz CT molecular complexity index is 294. The average molecular weight is 206 g/mol. The van der Waals surface area contributed by atoms with E-state index in [0.29, 0.717) is 12.2 Å². The van der Waals surface area contributed by atoms with Gasteiger partial charge in [0.05, 0.1) is 6.67 Å². The van der Waals surface area contributed by atoms with Crippen molar-refractivity contribution in [3.8, 4) is 0 Å². The first kappa shape index (κ1) is 11.7. The van der Waals surface area contributed by atoms with Crippen molar-refractivity contribution in [1.29, 1.82) is 0 Å². The molecule has 82 valence electrons. The van der Waals surface area contributed by atoms with Crippen LogP contribution in [0.15, 0.2) is 30.3 Å². The number of amides is 1. The number of nitrogens with zero attached hydrogens (tertiary/aromatic N) is 1. The van der Waals surface area contributed by atoms with Gasteiger partial charge in [0.1, 0.15) is 0 Å². The molecule has 0 aliphatic rings. The summed E-state index contributed by atoms with van der Waals surface area (Å²) in [7, 11) is 0. The van der Waals surface area contributed by atoms with Gasteiger partial charge in [0.15, 0.2) is 0 Å². The lowest BCUT2D eigenvalue weighted by atomic mass is 10.2. The molecule has 3 heteroatoms. The fourth-order valence-electron chi connectivity index (χ4n) is 1.32. The summed E-state index contributed by atoms with van der Waals surface area (Å²) in [4.78, 5) is 13.8. The minimum absolute atomic E-state index is 0.0116. The number of rotatable bonds is 5. The maximum absolute atomic E-state index is 11.6. The zero-order chi connectivity index (χ0) is 11.1. The quantitative estimate of drug-likeness (QED) is 0.744. The van der Waals surface area contributed by atoms with E-state index in [9.17, 15) is 4.79 Å². The van der Waals surface area contributed by atoms with Gasteiger partial charge in [0.25, 0.3) is 5.91 Å². The molecule has 0 aliphatic carbocycles. The van der Waals surface area contributed by atoms with Gasteiger partial charge in [-0.2, -0.15) is 0 Å². The maximum atomic E-state index is 11.6. The van der Waals surface area contributed by atoms with Gasteiger partial charge in [-0.3, -0.25) is 9.69 Å². The Labute approximate surface area is 91.1 Å². The van der Waals surface area contributed by atoms with Crippen molar-refractivity contribution in [3.05, 3.63) is 35.9 Å². The monoisotopic (exact) mass is 206 g/mol. The van der Waals surface area contributed by atoms with Crippen LogP contribution >= 0.6 is 0 Å². The maximum Gasteiger partial charge on any atom is 0.252 e. The Kier molecular flexibility index (Phi) is 4.84. The first-order valence-electron chi connectivity index (χ1n) is 5.33. The highest BCUT2D eigenvalue weighted by atomic mass is 16.1. The van der Waals surface area contributed by atoms with Crippen LogP contribution in [0.3, 0.4) is 0 Å². The summed E-state index contributed by atoms with van der Waals surface area (Å²) in [6.45, 7) is 6.67. The highest BCUT2D eigenvalue weighted by Crippen LogP contribution is 1.97. The van der Waals surface area contributed by atoms with Gasteiger partial charge >= 0.3 is 0 Å². The molecule has 0 radical (unpaired) electrons. The standard InChI is InChI=1S/C12H18N2O/c1-3-14(4-2)10-13-12(15)11-8-6-5-7-9-11/h5-9H,3-4,10H2,1-2H3,(H,13,15). The molecule has 0 bridgehead atoms. The van der Waals surface area contributed by atoms with E-state index in [1.807, 2.05) is 30.3 Å². The SMILES string of the molecule is CCN(CC)CNC(=O)c1ccccc1. The first-order chi connectivity index (χ1) is 7.27. The molecule has 1 aromatic rings. The topological polar surface area (TPSA) is 32.3 Å². The minimum atomic E-state index is -0.0116. The zero-order valence-electron chi connectivity index (χ0n) is 9.36. The predicted octanol–water partition coefficient (Wildman–Crippen LogP) is 1.72. The largest absolute Gasteiger partial charge is 0.339 e. The molecule has 1 rings (SSSR count). The van der Waals surface area contributed by atoms with Crippen LogP contribution < -0.4 is 5.32 Å². The van der Waals surface area contributed by atoms with Crippen molar-refractivity contribution in [2.24, 2.45) is 0 Å². The molecule has 0 aliphatic heterocycles. The minimum Gasteiger partial charge on any atom is -0.339 e. The Hall–Kier alpha value is -1.35. The van der Waals surface area contributed by atoms with Crippen LogP contribution in [0.4, 0.5) is 0 Å². The second-order valence-electron chi connectivity index (χ2n) is 3.33. The number of nitrogens with one attached hydrogen (secondary N) is 1. The predicted molar refractivity (Wildman–Crippen MR) is 61.7 cm³/mol. The summed E-state index contributed by atoms with van der Waals surface area (Å²) in [5.41, 5.74) is 0.713. The number of hydrogen-bond acceptors (Lipinski definition) is 2. The van der Waals surface area contributed by atoms with Crippen molar-refractivity contribution in [3.63, 3.8) is 0 Å². The Morgan fingerprint density at radius 2 is 1.80 bits per heavy atom. The fraction of sp³-hybridized carbons (Fsp3) is 0.417. The molecule has 1 N–H and O–H groups in total. The second kappa shape index (κ2) is 6.19. The van der Waals surface area contributed by atoms with Gasteiger partial charge in [-0.15, -0.1) is 0 Å². The highest BCUT2D eigenvalue weighted by Gasteiger charge is 2.05. The summed E-state index contributed by atoms with van der Waals surface area (Å²) < 4.78 is 0. The van der Waals surface area contributed by atoms with Gasteiger partial charge in [0, 0.05) is 5.56 Å². The van der Waals surface area contributed by atoms with E-state index >= 15 is 0 Å². The van der Waals surface area contributed by atoms with Crippen LogP contribution in [0.5, 0.6) is 0 Å². The van der Waals surface area contributed by atoms with E-state index < -0.39 is 0 Å². The lowest BCUT2D eigenvalue weighted by Gasteiger charge is -2.18. The van der Waals surface area contributed by atoms with Crippen molar-refractivity contribution < 1.29 is 4.79 Å². The molecule has 0 unspecified atom stereocenters. The first-order valence-corrected chi connectivity index (χ1v) is 5.33. The van der Waals surface area contributed by atoms with Crippen LogP contribution in [-0.2, 0) is 0 Å². The summed E-state index contributed by atoms with van der Waals surface area (Å²) in [6.07, 6.45) is 0. The van der Waals surface area contributed by atoms with Crippen LogP contribution in [0.25, 0.3) is 0 Å². The molecular formula is C12H18N2O. The Balaban J connectivity index is 2.43. The third-order valence-corrected chi connectivity index (χ3v) is 2.39. The molecule has 15 heavy (non-hydrogen) atoms. The van der Waals surface area contributed by atoms with Crippen molar-refractivity contribution in [1.82, 2.24) is 10.2 Å². The molecule has 0 saturated heterocycles. The lowest BCUT2D eigenvalue weighted by Crippen LogP contribution is -2.37. The normalized spacial score (nSPS) is 10.3. The zero-order valence-corrected chi connectivity index (χ0v) is 9.36. The number of benzene rings is 1. The summed E-state index contributed by atoms with van der Waals surface area (Å²) >= 11 is 0. The smallest absolute Gasteiger partial charge is 0.252 e. The molecule has 0 atom stereocenters. The molecule has 0 saturated carbocycles. The number of hydrogen-bond donors (Lipinski definition) is 1. The molecular weight excluding hydrogens is 188 g/mol. The Morgan fingerprint density at radius 3 is 2.33 bits per heavy atom. The molecule has 1 amide bonds. The number of carbonyl (C=O) groups excluding carboxylic acids is 1. The van der Waals surface area contributed by atoms with Crippen LogP contribution in [0, 0.1) is 0 Å². The van der Waals surface area contributed by atoms with Gasteiger partial charge < -0.3 is 5.32 Å². The van der Waals surface area contributed by atoms with E-state index in [0.717, 1.165) is 13.1 Å². The van der Waals surface area contributed by atoms with Crippen LogP contribution in [0.1, 0.15) is 24.2 Å². The van der Waals surface area contributed by atoms with E-state index in [4.69, 9.17) is 0 Å². The molecule has 0 aromatic heterocycles.